The summed E-state index contributed by atoms with van der Waals surface area (Å²) in [6, 6.07) is 6.33. The normalized spacial score (nSPS) is 13.8. The number of phenols is 1. The minimum atomic E-state index is -0.889. The number of nitrogens with one attached hydrogen (secondary N) is 2. The summed E-state index contributed by atoms with van der Waals surface area (Å²) in [5, 5.41) is 24.7. The molecule has 1 aromatic carbocycles. The minimum absolute atomic E-state index is 0.199. The molecule has 0 heterocycles. The zero-order valence-corrected chi connectivity index (χ0v) is 13.0. The first-order valence-corrected chi connectivity index (χ1v) is 7.30. The van der Waals surface area contributed by atoms with Gasteiger partial charge in [-0.15, -0.1) is 0 Å². The number of aromatic hydroxyl groups is 1. The van der Waals surface area contributed by atoms with E-state index in [1.54, 1.807) is 31.2 Å². The van der Waals surface area contributed by atoms with Crippen molar-refractivity contribution in [1.29, 1.82) is 0 Å². The molecule has 0 saturated carbocycles. The lowest BCUT2D eigenvalue weighted by molar-refractivity contribution is 0.0476. The van der Waals surface area contributed by atoms with E-state index in [-0.39, 0.29) is 18.3 Å². The second-order valence-corrected chi connectivity index (χ2v) is 6.13. The molecule has 0 bridgehead atoms. The van der Waals surface area contributed by atoms with Crippen molar-refractivity contribution in [3.8, 4) is 5.75 Å². The Kier molecular flexibility index (Phi) is 6.49. The lowest BCUT2D eigenvalue weighted by atomic mass is 9.95. The number of carbonyl (C=O) groups excluding carboxylic acids is 1. The predicted octanol–water partition coefficient (Wildman–Crippen LogP) is 2.38. The highest BCUT2D eigenvalue weighted by Gasteiger charge is 2.21. The lowest BCUT2D eigenvalue weighted by Crippen LogP contribution is -2.44. The van der Waals surface area contributed by atoms with E-state index in [0.29, 0.717) is 18.9 Å². The number of amides is 2. The van der Waals surface area contributed by atoms with Crippen LogP contribution in [0.3, 0.4) is 0 Å². The van der Waals surface area contributed by atoms with Crippen LogP contribution in [0.1, 0.15) is 39.2 Å². The molecule has 0 aliphatic heterocycles. The summed E-state index contributed by atoms with van der Waals surface area (Å²) in [6.07, 6.45) is 1.58. The molecule has 0 saturated heterocycles. The Balaban J connectivity index is 2.28. The average molecular weight is 294 g/mol. The number of carbonyl (C=O) groups is 1. The van der Waals surface area contributed by atoms with E-state index in [1.807, 2.05) is 0 Å². The van der Waals surface area contributed by atoms with Gasteiger partial charge in [-0.2, -0.15) is 0 Å². The van der Waals surface area contributed by atoms with Crippen LogP contribution in [0.25, 0.3) is 0 Å². The molecule has 0 aliphatic carbocycles. The standard InChI is InChI=1S/C16H26N2O3/c1-12(2)8-9-16(3,21)11-18-15(20)17-10-13-4-6-14(19)7-5-13/h4-7,12,19,21H,8-11H2,1-3H3,(H2,17,18,20). The van der Waals surface area contributed by atoms with Gasteiger partial charge in [0, 0.05) is 13.1 Å². The number of aliphatic hydroxyl groups is 1. The number of rotatable bonds is 7. The molecule has 0 spiro atoms. The Hall–Kier alpha value is -1.75. The van der Waals surface area contributed by atoms with Crippen LogP contribution in [0.15, 0.2) is 24.3 Å². The van der Waals surface area contributed by atoms with Crippen LogP contribution in [0.2, 0.25) is 0 Å². The van der Waals surface area contributed by atoms with Crippen molar-refractivity contribution in [2.24, 2.45) is 5.92 Å². The second-order valence-electron chi connectivity index (χ2n) is 6.13. The Labute approximate surface area is 126 Å². The third kappa shape index (κ3) is 7.56. The highest BCUT2D eigenvalue weighted by Crippen LogP contribution is 2.15. The van der Waals surface area contributed by atoms with Gasteiger partial charge in [-0.25, -0.2) is 4.79 Å². The summed E-state index contributed by atoms with van der Waals surface area (Å²) in [5.41, 5.74) is 0.00896. The second kappa shape index (κ2) is 7.88. The molecule has 1 aromatic rings. The molecule has 5 heteroatoms. The van der Waals surface area contributed by atoms with Crippen molar-refractivity contribution in [1.82, 2.24) is 10.6 Å². The van der Waals surface area contributed by atoms with Crippen molar-refractivity contribution in [2.75, 3.05) is 6.54 Å². The highest BCUT2D eigenvalue weighted by molar-refractivity contribution is 5.73. The molecule has 0 fully saturated rings. The summed E-state index contributed by atoms with van der Waals surface area (Å²) in [6.45, 7) is 6.54. The molecule has 0 radical (unpaired) electrons. The Bertz CT molecular complexity index is 441. The Morgan fingerprint density at radius 2 is 1.86 bits per heavy atom. The molecule has 1 unspecified atom stereocenters. The molecule has 2 amide bonds. The number of hydrogen-bond acceptors (Lipinski definition) is 3. The van der Waals surface area contributed by atoms with Crippen molar-refractivity contribution in [2.45, 2.75) is 45.8 Å². The first-order chi connectivity index (χ1) is 9.78. The molecule has 1 atom stereocenters. The summed E-state index contributed by atoms with van der Waals surface area (Å²) >= 11 is 0. The quantitative estimate of drug-likeness (QED) is 0.623. The monoisotopic (exact) mass is 294 g/mol. The van der Waals surface area contributed by atoms with Crippen LogP contribution >= 0.6 is 0 Å². The maximum absolute atomic E-state index is 11.7. The van der Waals surface area contributed by atoms with Crippen molar-refractivity contribution >= 4 is 6.03 Å². The SMILES string of the molecule is CC(C)CCC(C)(O)CNC(=O)NCc1ccc(O)cc1. The summed E-state index contributed by atoms with van der Waals surface area (Å²) in [7, 11) is 0. The lowest BCUT2D eigenvalue weighted by Gasteiger charge is -2.24. The maximum atomic E-state index is 11.7. The maximum Gasteiger partial charge on any atom is 0.315 e. The fourth-order valence-corrected chi connectivity index (χ4v) is 1.82. The summed E-state index contributed by atoms with van der Waals surface area (Å²) < 4.78 is 0. The summed E-state index contributed by atoms with van der Waals surface area (Å²) in [4.78, 5) is 11.7. The van der Waals surface area contributed by atoms with Crippen molar-refractivity contribution < 1.29 is 15.0 Å². The number of urea groups is 1. The van der Waals surface area contributed by atoms with Crippen molar-refractivity contribution in [3.05, 3.63) is 29.8 Å². The Morgan fingerprint density at radius 3 is 2.43 bits per heavy atom. The van der Waals surface area contributed by atoms with Crippen LogP contribution in [0, 0.1) is 5.92 Å². The third-order valence-corrected chi connectivity index (χ3v) is 3.28. The van der Waals surface area contributed by atoms with E-state index in [0.717, 1.165) is 12.0 Å². The molecular weight excluding hydrogens is 268 g/mol. The topological polar surface area (TPSA) is 81.6 Å². The highest BCUT2D eigenvalue weighted by atomic mass is 16.3. The van der Waals surface area contributed by atoms with E-state index in [4.69, 9.17) is 5.11 Å². The molecule has 0 aromatic heterocycles. The van der Waals surface area contributed by atoms with E-state index in [1.165, 1.54) is 0 Å². The van der Waals surface area contributed by atoms with Gasteiger partial charge in [0.05, 0.1) is 5.60 Å². The average Bonchev–Trinajstić information content (AvgIpc) is 2.43. The van der Waals surface area contributed by atoms with Gasteiger partial charge in [-0.3, -0.25) is 0 Å². The van der Waals surface area contributed by atoms with E-state index in [2.05, 4.69) is 24.5 Å². The van der Waals surface area contributed by atoms with Gasteiger partial charge in [0.1, 0.15) is 5.75 Å². The first-order valence-electron chi connectivity index (χ1n) is 7.30. The largest absolute Gasteiger partial charge is 0.508 e. The Morgan fingerprint density at radius 1 is 1.24 bits per heavy atom. The van der Waals surface area contributed by atoms with Gasteiger partial charge < -0.3 is 20.8 Å². The molecule has 118 valence electrons. The third-order valence-electron chi connectivity index (χ3n) is 3.28. The predicted molar refractivity (Wildman–Crippen MR) is 83.0 cm³/mol. The molecule has 5 nitrogen and oxygen atoms in total. The van der Waals surface area contributed by atoms with Crippen molar-refractivity contribution in [3.63, 3.8) is 0 Å². The van der Waals surface area contributed by atoms with Gasteiger partial charge in [0.15, 0.2) is 0 Å². The van der Waals surface area contributed by atoms with E-state index >= 15 is 0 Å². The van der Waals surface area contributed by atoms with Gasteiger partial charge in [0.2, 0.25) is 0 Å². The van der Waals surface area contributed by atoms with E-state index in [9.17, 15) is 9.90 Å². The van der Waals surface area contributed by atoms with Crippen LogP contribution in [-0.4, -0.2) is 28.4 Å². The number of phenolic OH excluding ortho intramolecular Hbond substituents is 1. The molecular formula is C16H26N2O3. The summed E-state index contributed by atoms with van der Waals surface area (Å²) in [5.74, 6) is 0.726. The van der Waals surface area contributed by atoms with Crippen LogP contribution in [-0.2, 0) is 6.54 Å². The smallest absolute Gasteiger partial charge is 0.315 e. The molecule has 0 aliphatic rings. The van der Waals surface area contributed by atoms with Crippen LogP contribution in [0.5, 0.6) is 5.75 Å². The van der Waals surface area contributed by atoms with Gasteiger partial charge >= 0.3 is 6.03 Å². The molecule has 4 N–H and O–H groups in total. The van der Waals surface area contributed by atoms with E-state index < -0.39 is 5.60 Å². The van der Waals surface area contributed by atoms with Crippen LogP contribution < -0.4 is 10.6 Å². The zero-order chi connectivity index (χ0) is 15.9. The fraction of sp³-hybridized carbons (Fsp3) is 0.562. The zero-order valence-electron chi connectivity index (χ0n) is 13.0. The molecule has 1 rings (SSSR count). The number of hydrogen-bond donors (Lipinski definition) is 4. The van der Waals surface area contributed by atoms with Gasteiger partial charge in [0.25, 0.3) is 0 Å². The first kappa shape index (κ1) is 17.3. The molecule has 21 heavy (non-hydrogen) atoms. The number of benzene rings is 1. The van der Waals surface area contributed by atoms with Gasteiger partial charge in [-0.1, -0.05) is 26.0 Å². The van der Waals surface area contributed by atoms with Gasteiger partial charge in [-0.05, 0) is 43.4 Å². The minimum Gasteiger partial charge on any atom is -0.508 e. The fourth-order valence-electron chi connectivity index (χ4n) is 1.82. The van der Waals surface area contributed by atoms with Crippen LogP contribution in [0.4, 0.5) is 4.79 Å².